The van der Waals surface area contributed by atoms with E-state index in [4.69, 9.17) is 0 Å². The van der Waals surface area contributed by atoms with Crippen LogP contribution in [0, 0.1) is 0 Å². The number of rotatable bonds is 7. The van der Waals surface area contributed by atoms with Crippen LogP contribution in [0.25, 0.3) is 0 Å². The van der Waals surface area contributed by atoms with Crippen LogP contribution in [0.4, 0.5) is 0 Å². The Bertz CT molecular complexity index is 700. The average Bonchev–Trinajstić information content (AvgIpc) is 3.03. The summed E-state index contributed by atoms with van der Waals surface area (Å²) < 4.78 is 25.6. The first-order valence-electron chi connectivity index (χ1n) is 6.66. The Balaban J connectivity index is 1.82. The number of hydrogen-bond donors (Lipinski definition) is 1. The van der Waals surface area contributed by atoms with Crippen LogP contribution in [0.3, 0.4) is 0 Å². The van der Waals surface area contributed by atoms with Crippen LogP contribution < -0.4 is 5.32 Å². The molecule has 0 fully saturated rings. The van der Waals surface area contributed by atoms with Crippen molar-refractivity contribution in [2.45, 2.75) is 10.6 Å². The molecule has 1 amide bonds. The van der Waals surface area contributed by atoms with Crippen LogP contribution in [0.5, 0.6) is 0 Å². The highest BCUT2D eigenvalue weighted by atomic mass is 32.2. The van der Waals surface area contributed by atoms with Gasteiger partial charge in [0.15, 0.2) is 0 Å². The van der Waals surface area contributed by atoms with E-state index in [2.05, 4.69) is 10.3 Å². The molecule has 22 heavy (non-hydrogen) atoms. The lowest BCUT2D eigenvalue weighted by Crippen LogP contribution is -2.38. The van der Waals surface area contributed by atoms with Crippen molar-refractivity contribution in [2.75, 3.05) is 20.1 Å². The molecule has 6 nitrogen and oxygen atoms in total. The molecule has 0 aromatic carbocycles. The van der Waals surface area contributed by atoms with Crippen molar-refractivity contribution in [1.82, 2.24) is 14.6 Å². The van der Waals surface area contributed by atoms with Crippen molar-refractivity contribution in [1.29, 1.82) is 0 Å². The Hall–Kier alpha value is -1.77. The monoisotopic (exact) mass is 339 g/mol. The third-order valence-electron chi connectivity index (χ3n) is 2.96. The summed E-state index contributed by atoms with van der Waals surface area (Å²) in [4.78, 5) is 16.0. The van der Waals surface area contributed by atoms with Crippen molar-refractivity contribution in [3.05, 3.63) is 47.6 Å². The second-order valence-corrected chi connectivity index (χ2v) is 7.83. The third kappa shape index (κ3) is 4.36. The zero-order chi connectivity index (χ0) is 16.0. The summed E-state index contributed by atoms with van der Waals surface area (Å²) in [6.07, 6.45) is 2.30. The van der Waals surface area contributed by atoms with Gasteiger partial charge in [-0.25, -0.2) is 8.42 Å². The SMILES string of the molecule is CN(CC(=O)NCCc1ccccn1)S(=O)(=O)c1cccs1. The summed E-state index contributed by atoms with van der Waals surface area (Å²) in [6.45, 7) is 0.213. The largest absolute Gasteiger partial charge is 0.355 e. The van der Waals surface area contributed by atoms with Gasteiger partial charge in [0.25, 0.3) is 10.0 Å². The van der Waals surface area contributed by atoms with E-state index in [9.17, 15) is 13.2 Å². The smallest absolute Gasteiger partial charge is 0.252 e. The number of amides is 1. The van der Waals surface area contributed by atoms with Gasteiger partial charge in [0.2, 0.25) is 5.91 Å². The van der Waals surface area contributed by atoms with Gasteiger partial charge in [0, 0.05) is 31.9 Å². The van der Waals surface area contributed by atoms with Gasteiger partial charge in [-0.05, 0) is 23.6 Å². The molecule has 2 aromatic rings. The fourth-order valence-corrected chi connectivity index (χ4v) is 4.11. The molecule has 0 unspecified atom stereocenters. The van der Waals surface area contributed by atoms with Gasteiger partial charge in [-0.15, -0.1) is 11.3 Å². The van der Waals surface area contributed by atoms with E-state index in [-0.39, 0.29) is 16.7 Å². The predicted octanol–water partition coefficient (Wildman–Crippen LogP) is 1.12. The first-order chi connectivity index (χ1) is 10.5. The van der Waals surface area contributed by atoms with Gasteiger partial charge in [-0.2, -0.15) is 4.31 Å². The normalized spacial score (nSPS) is 11.5. The van der Waals surface area contributed by atoms with Crippen molar-refractivity contribution >= 4 is 27.3 Å². The lowest BCUT2D eigenvalue weighted by molar-refractivity contribution is -0.121. The van der Waals surface area contributed by atoms with Gasteiger partial charge in [-0.1, -0.05) is 12.1 Å². The molecular formula is C14H17N3O3S2. The Morgan fingerprint density at radius 1 is 1.32 bits per heavy atom. The van der Waals surface area contributed by atoms with Gasteiger partial charge in [-0.3, -0.25) is 9.78 Å². The number of thiophene rings is 1. The number of hydrogen-bond acceptors (Lipinski definition) is 5. The summed E-state index contributed by atoms with van der Waals surface area (Å²) >= 11 is 1.13. The molecule has 118 valence electrons. The quantitative estimate of drug-likeness (QED) is 0.820. The van der Waals surface area contributed by atoms with Crippen molar-refractivity contribution in [2.24, 2.45) is 0 Å². The summed E-state index contributed by atoms with van der Waals surface area (Å²) in [6, 6.07) is 8.77. The summed E-state index contributed by atoms with van der Waals surface area (Å²) in [5.74, 6) is -0.335. The van der Waals surface area contributed by atoms with Crippen LogP contribution in [0.15, 0.2) is 46.1 Å². The van der Waals surface area contributed by atoms with Crippen molar-refractivity contribution in [3.63, 3.8) is 0 Å². The average molecular weight is 339 g/mol. The molecule has 0 radical (unpaired) electrons. The minimum atomic E-state index is -3.59. The number of aromatic nitrogens is 1. The molecule has 0 spiro atoms. The molecule has 2 heterocycles. The maximum absolute atomic E-state index is 12.2. The predicted molar refractivity (Wildman–Crippen MR) is 85.1 cm³/mol. The maximum atomic E-state index is 12.2. The highest BCUT2D eigenvalue weighted by Crippen LogP contribution is 2.19. The van der Waals surface area contributed by atoms with Crippen molar-refractivity contribution in [3.8, 4) is 0 Å². The maximum Gasteiger partial charge on any atom is 0.252 e. The van der Waals surface area contributed by atoms with E-state index >= 15 is 0 Å². The minimum Gasteiger partial charge on any atom is -0.355 e. The highest BCUT2D eigenvalue weighted by molar-refractivity contribution is 7.91. The van der Waals surface area contributed by atoms with Crippen LogP contribution in [0.1, 0.15) is 5.69 Å². The summed E-state index contributed by atoms with van der Waals surface area (Å²) in [7, 11) is -2.19. The number of pyridine rings is 1. The highest BCUT2D eigenvalue weighted by Gasteiger charge is 2.23. The molecule has 0 saturated carbocycles. The van der Waals surface area contributed by atoms with E-state index in [0.717, 1.165) is 21.3 Å². The first kappa shape index (κ1) is 16.6. The lowest BCUT2D eigenvalue weighted by atomic mass is 10.3. The minimum absolute atomic E-state index is 0.206. The van der Waals surface area contributed by atoms with Gasteiger partial charge in [0.05, 0.1) is 6.54 Å². The Kier molecular flexibility index (Phi) is 5.64. The Labute approximate surface area is 133 Å². The molecule has 0 atom stereocenters. The number of carbonyl (C=O) groups is 1. The molecule has 0 aliphatic rings. The molecular weight excluding hydrogens is 322 g/mol. The molecule has 2 aromatic heterocycles. The summed E-state index contributed by atoms with van der Waals surface area (Å²) in [5.41, 5.74) is 0.877. The molecule has 0 aliphatic carbocycles. The third-order valence-corrected chi connectivity index (χ3v) is 6.13. The number of nitrogens with one attached hydrogen (secondary N) is 1. The van der Waals surface area contributed by atoms with Gasteiger partial charge >= 0.3 is 0 Å². The van der Waals surface area contributed by atoms with Crippen LogP contribution >= 0.6 is 11.3 Å². The van der Waals surface area contributed by atoms with E-state index in [1.165, 1.54) is 13.1 Å². The molecule has 2 rings (SSSR count). The molecule has 0 saturated heterocycles. The zero-order valence-corrected chi connectivity index (χ0v) is 13.7. The first-order valence-corrected chi connectivity index (χ1v) is 8.98. The topological polar surface area (TPSA) is 79.4 Å². The fraction of sp³-hybridized carbons (Fsp3) is 0.286. The lowest BCUT2D eigenvalue weighted by Gasteiger charge is -2.15. The Morgan fingerprint density at radius 3 is 2.77 bits per heavy atom. The zero-order valence-electron chi connectivity index (χ0n) is 12.1. The Morgan fingerprint density at radius 2 is 2.14 bits per heavy atom. The standard InChI is InChI=1S/C14H17N3O3S2/c1-17(22(19,20)14-6-4-10-21-14)11-13(18)16-9-7-12-5-2-3-8-15-12/h2-6,8,10H,7,9,11H2,1H3,(H,16,18). The number of nitrogens with zero attached hydrogens (tertiary/aromatic N) is 2. The van der Waals surface area contributed by atoms with E-state index < -0.39 is 10.0 Å². The van der Waals surface area contributed by atoms with Gasteiger partial charge < -0.3 is 5.32 Å². The van der Waals surface area contributed by atoms with Crippen LogP contribution in [-0.4, -0.2) is 43.8 Å². The van der Waals surface area contributed by atoms with E-state index in [0.29, 0.717) is 13.0 Å². The molecule has 0 bridgehead atoms. The second kappa shape index (κ2) is 7.48. The number of carbonyl (C=O) groups excluding carboxylic acids is 1. The molecule has 8 heteroatoms. The van der Waals surface area contributed by atoms with E-state index in [1.807, 2.05) is 18.2 Å². The number of sulfonamides is 1. The molecule has 0 aliphatic heterocycles. The van der Waals surface area contributed by atoms with E-state index in [1.54, 1.807) is 17.6 Å². The second-order valence-electron chi connectivity index (χ2n) is 4.61. The fourth-order valence-electron chi connectivity index (χ4n) is 1.78. The molecule has 1 N–H and O–H groups in total. The number of likely N-dealkylation sites (N-methyl/N-ethyl adjacent to an activating group) is 1. The van der Waals surface area contributed by atoms with Crippen LogP contribution in [0.2, 0.25) is 0 Å². The summed E-state index contributed by atoms with van der Waals surface area (Å²) in [5, 5.41) is 4.39. The van der Waals surface area contributed by atoms with Crippen molar-refractivity contribution < 1.29 is 13.2 Å². The van der Waals surface area contributed by atoms with Crippen LogP contribution in [-0.2, 0) is 21.2 Å². The van der Waals surface area contributed by atoms with Gasteiger partial charge in [0.1, 0.15) is 4.21 Å².